The molecule has 0 spiro atoms. The maximum Gasteiger partial charge on any atom is 0.253 e. The molecule has 10 heteroatoms. The molecule has 0 radical (unpaired) electrons. The summed E-state index contributed by atoms with van der Waals surface area (Å²) in [6.45, 7) is 0.137. The number of nitrogens with zero attached hydrogens (tertiary/aromatic N) is 1. The fourth-order valence-electron chi connectivity index (χ4n) is 2.50. The van der Waals surface area contributed by atoms with Gasteiger partial charge >= 0.3 is 0 Å². The van der Waals surface area contributed by atoms with E-state index in [1.165, 1.54) is 18.3 Å². The number of nitrogens with one attached hydrogen (secondary N) is 3. The summed E-state index contributed by atoms with van der Waals surface area (Å²) < 4.78 is 0. The van der Waals surface area contributed by atoms with Crippen molar-refractivity contribution in [2.45, 2.75) is 18.9 Å². The quantitative estimate of drug-likeness (QED) is 0.496. The van der Waals surface area contributed by atoms with Gasteiger partial charge in [-0.15, -0.1) is 0 Å². The molecule has 2 aromatic rings. The van der Waals surface area contributed by atoms with Crippen LogP contribution in [0, 0.1) is 0 Å². The first kappa shape index (κ1) is 24.0. The van der Waals surface area contributed by atoms with Crippen LogP contribution in [0.25, 0.3) is 0 Å². The molecule has 1 heterocycles. The van der Waals surface area contributed by atoms with Gasteiger partial charge in [0.1, 0.15) is 6.04 Å². The van der Waals surface area contributed by atoms with Crippen molar-refractivity contribution >= 4 is 58.4 Å². The minimum atomic E-state index is -0.752. The van der Waals surface area contributed by atoms with E-state index >= 15 is 0 Å². The Morgan fingerprint density at radius 2 is 2.00 bits per heavy atom. The lowest BCUT2D eigenvalue weighted by molar-refractivity contribution is -0.123. The first-order valence-corrected chi connectivity index (χ1v) is 11.3. The Labute approximate surface area is 189 Å². The second-order valence-corrected chi connectivity index (χ2v) is 8.09. The second-order valence-electron chi connectivity index (χ2n) is 6.26. The van der Waals surface area contributed by atoms with E-state index in [9.17, 15) is 14.4 Å². The van der Waals surface area contributed by atoms with Crippen LogP contribution in [0.15, 0.2) is 42.7 Å². The Kier molecular flexibility index (Phi) is 9.93. The molecule has 1 aromatic carbocycles. The van der Waals surface area contributed by atoms with Crippen molar-refractivity contribution in [3.8, 4) is 0 Å². The van der Waals surface area contributed by atoms with Gasteiger partial charge in [-0.25, -0.2) is 0 Å². The predicted molar refractivity (Wildman–Crippen MR) is 121 cm³/mol. The molecule has 3 N–H and O–H groups in total. The van der Waals surface area contributed by atoms with E-state index < -0.39 is 11.9 Å². The van der Waals surface area contributed by atoms with Crippen molar-refractivity contribution in [1.82, 2.24) is 15.6 Å². The van der Waals surface area contributed by atoms with Gasteiger partial charge in [0.05, 0.1) is 22.5 Å². The third kappa shape index (κ3) is 7.85. The Hall–Kier alpha value is -2.29. The molecule has 1 aromatic heterocycles. The predicted octanol–water partition coefficient (Wildman–Crippen LogP) is 3.38. The van der Waals surface area contributed by atoms with Crippen molar-refractivity contribution in [2.75, 3.05) is 23.9 Å². The number of pyridine rings is 1. The average Bonchev–Trinajstić information content (AvgIpc) is 2.71. The van der Waals surface area contributed by atoms with E-state index in [0.717, 1.165) is 0 Å². The van der Waals surface area contributed by atoms with Gasteiger partial charge < -0.3 is 16.0 Å². The van der Waals surface area contributed by atoms with Crippen LogP contribution in [0.5, 0.6) is 0 Å². The largest absolute Gasteiger partial charge is 0.354 e. The molecule has 30 heavy (non-hydrogen) atoms. The lowest BCUT2D eigenvalue weighted by Crippen LogP contribution is -2.47. The van der Waals surface area contributed by atoms with Gasteiger partial charge in [0.2, 0.25) is 11.8 Å². The van der Waals surface area contributed by atoms with Gasteiger partial charge in [-0.1, -0.05) is 23.2 Å². The number of anilines is 1. The van der Waals surface area contributed by atoms with E-state index in [1.54, 1.807) is 36.2 Å². The minimum absolute atomic E-state index is 0.0901. The number of halogens is 2. The molecule has 0 bridgehead atoms. The third-order valence-corrected chi connectivity index (χ3v) is 5.20. The molecule has 0 saturated carbocycles. The van der Waals surface area contributed by atoms with E-state index in [0.29, 0.717) is 22.9 Å². The molecular formula is C20H22Cl2N4O3S. The number of carbonyl (C=O) groups is 3. The lowest BCUT2D eigenvalue weighted by Gasteiger charge is -2.18. The number of thioether (sulfide) groups is 1. The van der Waals surface area contributed by atoms with Crippen molar-refractivity contribution < 1.29 is 14.4 Å². The summed E-state index contributed by atoms with van der Waals surface area (Å²) in [4.78, 5) is 41.0. The van der Waals surface area contributed by atoms with Gasteiger partial charge in [0.25, 0.3) is 5.91 Å². The van der Waals surface area contributed by atoms with Gasteiger partial charge in [-0.3, -0.25) is 19.4 Å². The number of aromatic nitrogens is 1. The Morgan fingerprint density at radius 3 is 2.67 bits per heavy atom. The average molecular weight is 469 g/mol. The highest BCUT2D eigenvalue weighted by Crippen LogP contribution is 2.21. The summed E-state index contributed by atoms with van der Waals surface area (Å²) in [5, 5.41) is 8.71. The van der Waals surface area contributed by atoms with Gasteiger partial charge in [0.15, 0.2) is 0 Å². The minimum Gasteiger partial charge on any atom is -0.354 e. The lowest BCUT2D eigenvalue weighted by atomic mass is 10.1. The van der Waals surface area contributed by atoms with Crippen LogP contribution in [-0.4, -0.2) is 47.3 Å². The summed E-state index contributed by atoms with van der Waals surface area (Å²) in [6, 6.07) is 7.21. The first-order chi connectivity index (χ1) is 14.4. The SMILES string of the molecule is CSCCC(NC(=O)c1ccc(Cl)cc1Cl)C(=O)NCCC(=O)Nc1cccnc1. The molecule has 0 aliphatic rings. The number of amides is 3. The Morgan fingerprint density at radius 1 is 1.20 bits per heavy atom. The monoisotopic (exact) mass is 468 g/mol. The van der Waals surface area contributed by atoms with E-state index in [1.807, 2.05) is 6.26 Å². The number of hydrogen-bond donors (Lipinski definition) is 3. The molecule has 1 unspecified atom stereocenters. The number of carbonyl (C=O) groups excluding carboxylic acids is 3. The summed E-state index contributed by atoms with van der Waals surface area (Å²) in [7, 11) is 0. The van der Waals surface area contributed by atoms with E-state index in [4.69, 9.17) is 23.2 Å². The van der Waals surface area contributed by atoms with Crippen LogP contribution in [0.4, 0.5) is 5.69 Å². The zero-order chi connectivity index (χ0) is 21.9. The molecule has 1 atom stereocenters. The normalized spacial score (nSPS) is 11.4. The topological polar surface area (TPSA) is 100 Å². The highest BCUT2D eigenvalue weighted by Gasteiger charge is 2.22. The van der Waals surface area contributed by atoms with Crippen LogP contribution < -0.4 is 16.0 Å². The zero-order valence-corrected chi connectivity index (χ0v) is 18.6. The summed E-state index contributed by atoms with van der Waals surface area (Å²) in [6.07, 6.45) is 5.58. The highest BCUT2D eigenvalue weighted by molar-refractivity contribution is 7.98. The van der Waals surface area contributed by atoms with Crippen molar-refractivity contribution in [2.24, 2.45) is 0 Å². The second kappa shape index (κ2) is 12.4. The highest BCUT2D eigenvalue weighted by atomic mass is 35.5. The smallest absolute Gasteiger partial charge is 0.253 e. The Bertz CT molecular complexity index is 884. The molecule has 3 amide bonds. The maximum atomic E-state index is 12.6. The maximum absolute atomic E-state index is 12.6. The van der Waals surface area contributed by atoms with Gasteiger partial charge in [-0.05, 0) is 48.8 Å². The van der Waals surface area contributed by atoms with Crippen molar-refractivity contribution in [3.05, 3.63) is 58.3 Å². The summed E-state index contributed by atoms with van der Waals surface area (Å²) in [5.74, 6) is -0.404. The molecular weight excluding hydrogens is 447 g/mol. The number of rotatable bonds is 10. The molecule has 7 nitrogen and oxygen atoms in total. The van der Waals surface area contributed by atoms with Crippen LogP contribution in [0.3, 0.4) is 0 Å². The molecule has 2 rings (SSSR count). The molecule has 0 aliphatic heterocycles. The van der Waals surface area contributed by atoms with Crippen LogP contribution in [-0.2, 0) is 9.59 Å². The molecule has 0 saturated heterocycles. The molecule has 160 valence electrons. The zero-order valence-electron chi connectivity index (χ0n) is 16.3. The summed E-state index contributed by atoms with van der Waals surface area (Å²) >= 11 is 13.5. The summed E-state index contributed by atoms with van der Waals surface area (Å²) in [5.41, 5.74) is 0.817. The standard InChI is InChI=1S/C20H22Cl2N4O3S/c1-30-10-7-17(26-19(28)15-5-4-13(21)11-16(15)22)20(29)24-9-6-18(27)25-14-3-2-8-23-12-14/h2-5,8,11-12,17H,6-7,9-10H2,1H3,(H,24,29)(H,25,27)(H,26,28). The van der Waals surface area contributed by atoms with E-state index in [-0.39, 0.29) is 35.4 Å². The molecule has 0 aliphatic carbocycles. The van der Waals surface area contributed by atoms with Crippen molar-refractivity contribution in [3.63, 3.8) is 0 Å². The van der Waals surface area contributed by atoms with Gasteiger partial charge in [0, 0.05) is 24.2 Å². The van der Waals surface area contributed by atoms with Gasteiger partial charge in [-0.2, -0.15) is 11.8 Å². The van der Waals surface area contributed by atoms with Crippen molar-refractivity contribution in [1.29, 1.82) is 0 Å². The van der Waals surface area contributed by atoms with E-state index in [2.05, 4.69) is 20.9 Å². The Balaban J connectivity index is 1.89. The van der Waals surface area contributed by atoms with Crippen LogP contribution in [0.2, 0.25) is 10.0 Å². The third-order valence-electron chi connectivity index (χ3n) is 4.00. The number of benzene rings is 1. The van der Waals surface area contributed by atoms with Crippen LogP contribution in [0.1, 0.15) is 23.2 Å². The molecule has 0 fully saturated rings. The van der Waals surface area contributed by atoms with Crippen LogP contribution >= 0.6 is 35.0 Å². The first-order valence-electron chi connectivity index (χ1n) is 9.13. The fourth-order valence-corrected chi connectivity index (χ4v) is 3.46. The number of hydrogen-bond acceptors (Lipinski definition) is 5. The fraction of sp³-hybridized carbons (Fsp3) is 0.300.